The molecule has 0 fully saturated rings. The van der Waals surface area contributed by atoms with Gasteiger partial charge in [0.25, 0.3) is 15.9 Å². The third-order valence-corrected chi connectivity index (χ3v) is 6.86. The van der Waals surface area contributed by atoms with Gasteiger partial charge in [-0.15, -0.1) is 0 Å². The molecule has 3 aromatic rings. The molecule has 1 aliphatic rings. The SMILES string of the molecule is Cc1cc(C(=O)Nc2ccc3c(c2)CCCN3S(=O)(=O)c2ccccc2)c(C)o1. The molecule has 0 spiro atoms. The van der Waals surface area contributed by atoms with E-state index < -0.39 is 10.0 Å². The van der Waals surface area contributed by atoms with Gasteiger partial charge in [0, 0.05) is 12.2 Å². The number of aryl methyl sites for hydroxylation is 3. The first-order valence-electron chi connectivity index (χ1n) is 9.45. The van der Waals surface area contributed by atoms with Crippen LogP contribution in [-0.2, 0) is 16.4 Å². The van der Waals surface area contributed by atoms with E-state index in [0.29, 0.717) is 35.0 Å². The number of benzene rings is 2. The van der Waals surface area contributed by atoms with Gasteiger partial charge in [0.2, 0.25) is 0 Å². The van der Waals surface area contributed by atoms with Crippen LogP contribution in [0.4, 0.5) is 11.4 Å². The molecule has 0 bridgehead atoms. The molecule has 1 aliphatic heterocycles. The monoisotopic (exact) mass is 410 g/mol. The van der Waals surface area contributed by atoms with Gasteiger partial charge in [0.1, 0.15) is 11.5 Å². The first-order valence-corrected chi connectivity index (χ1v) is 10.9. The Bertz CT molecular complexity index is 1170. The largest absolute Gasteiger partial charge is 0.466 e. The second-order valence-electron chi connectivity index (χ2n) is 7.12. The van der Waals surface area contributed by atoms with Crippen LogP contribution in [0.5, 0.6) is 0 Å². The number of nitrogens with one attached hydrogen (secondary N) is 1. The molecule has 6 nitrogen and oxygen atoms in total. The standard InChI is InChI=1S/C22H22N2O4S/c1-15-13-20(16(2)28-15)22(25)23-18-10-11-21-17(14-18)7-6-12-24(21)29(26,27)19-8-4-3-5-9-19/h3-5,8-11,13-14H,6-7,12H2,1-2H3,(H,23,25). The van der Waals surface area contributed by atoms with Crippen molar-refractivity contribution in [1.29, 1.82) is 0 Å². The minimum atomic E-state index is -3.62. The van der Waals surface area contributed by atoms with E-state index in [9.17, 15) is 13.2 Å². The highest BCUT2D eigenvalue weighted by Gasteiger charge is 2.29. The van der Waals surface area contributed by atoms with Gasteiger partial charge in [0.15, 0.2) is 0 Å². The fourth-order valence-electron chi connectivity index (χ4n) is 3.66. The van der Waals surface area contributed by atoms with E-state index in [4.69, 9.17) is 4.42 Å². The summed E-state index contributed by atoms with van der Waals surface area (Å²) >= 11 is 0. The molecule has 1 amide bonds. The molecule has 2 aromatic carbocycles. The van der Waals surface area contributed by atoms with E-state index in [1.54, 1.807) is 62.4 Å². The fourth-order valence-corrected chi connectivity index (χ4v) is 5.23. The molecule has 0 aliphatic carbocycles. The van der Waals surface area contributed by atoms with Crippen molar-refractivity contribution in [2.75, 3.05) is 16.2 Å². The lowest BCUT2D eigenvalue weighted by atomic mass is 10.0. The van der Waals surface area contributed by atoms with Gasteiger partial charge >= 0.3 is 0 Å². The molecule has 1 aromatic heterocycles. The van der Waals surface area contributed by atoms with Crippen LogP contribution >= 0.6 is 0 Å². The van der Waals surface area contributed by atoms with Crippen LogP contribution in [-0.4, -0.2) is 20.9 Å². The summed E-state index contributed by atoms with van der Waals surface area (Å²) in [5.74, 6) is 1.00. The second kappa shape index (κ2) is 7.40. The number of carbonyl (C=O) groups is 1. The van der Waals surface area contributed by atoms with Crippen molar-refractivity contribution in [3.05, 3.63) is 77.2 Å². The van der Waals surface area contributed by atoms with Gasteiger partial charge < -0.3 is 9.73 Å². The lowest BCUT2D eigenvalue weighted by molar-refractivity contribution is 0.102. The molecule has 0 saturated carbocycles. The van der Waals surface area contributed by atoms with Crippen LogP contribution in [0.1, 0.15) is 33.9 Å². The number of fused-ring (bicyclic) bond motifs is 1. The summed E-state index contributed by atoms with van der Waals surface area (Å²) in [5, 5.41) is 2.88. The molecule has 150 valence electrons. The molecule has 0 atom stereocenters. The summed E-state index contributed by atoms with van der Waals surface area (Å²) in [7, 11) is -3.62. The maximum atomic E-state index is 13.1. The van der Waals surface area contributed by atoms with Gasteiger partial charge in [-0.2, -0.15) is 0 Å². The van der Waals surface area contributed by atoms with Crippen molar-refractivity contribution in [1.82, 2.24) is 0 Å². The minimum absolute atomic E-state index is 0.246. The van der Waals surface area contributed by atoms with E-state index in [0.717, 1.165) is 18.4 Å². The zero-order valence-corrected chi connectivity index (χ0v) is 17.1. The van der Waals surface area contributed by atoms with Gasteiger partial charge in [-0.05, 0) is 68.7 Å². The highest BCUT2D eigenvalue weighted by atomic mass is 32.2. The van der Waals surface area contributed by atoms with Crippen molar-refractivity contribution in [2.45, 2.75) is 31.6 Å². The number of rotatable bonds is 4. The summed E-state index contributed by atoms with van der Waals surface area (Å²) in [4.78, 5) is 12.8. The normalized spacial score (nSPS) is 13.8. The summed E-state index contributed by atoms with van der Waals surface area (Å²) in [5.41, 5.74) is 2.68. The predicted octanol–water partition coefficient (Wildman–Crippen LogP) is 4.29. The Morgan fingerprint density at radius 1 is 1.07 bits per heavy atom. The third kappa shape index (κ3) is 3.65. The van der Waals surface area contributed by atoms with E-state index >= 15 is 0 Å². The van der Waals surface area contributed by atoms with Gasteiger partial charge in [-0.1, -0.05) is 18.2 Å². The van der Waals surface area contributed by atoms with Crippen molar-refractivity contribution in [2.24, 2.45) is 0 Å². The van der Waals surface area contributed by atoms with Crippen molar-refractivity contribution in [3.8, 4) is 0 Å². The van der Waals surface area contributed by atoms with Gasteiger partial charge in [-0.3, -0.25) is 9.10 Å². The molecule has 7 heteroatoms. The predicted molar refractivity (Wildman–Crippen MR) is 112 cm³/mol. The fraction of sp³-hybridized carbons (Fsp3) is 0.227. The Kier molecular flexibility index (Phi) is 4.92. The Labute approximate surface area is 170 Å². The third-order valence-electron chi connectivity index (χ3n) is 5.03. The van der Waals surface area contributed by atoms with E-state index in [1.165, 1.54) is 4.31 Å². The molecular weight excluding hydrogens is 388 g/mol. The average molecular weight is 410 g/mol. The Morgan fingerprint density at radius 2 is 1.83 bits per heavy atom. The smallest absolute Gasteiger partial charge is 0.264 e. The lowest BCUT2D eigenvalue weighted by Crippen LogP contribution is -2.35. The van der Waals surface area contributed by atoms with E-state index in [1.807, 2.05) is 6.07 Å². The van der Waals surface area contributed by atoms with Gasteiger partial charge in [0.05, 0.1) is 16.1 Å². The molecule has 2 heterocycles. The number of anilines is 2. The number of amides is 1. The molecule has 0 unspecified atom stereocenters. The lowest BCUT2D eigenvalue weighted by Gasteiger charge is -2.30. The van der Waals surface area contributed by atoms with Crippen LogP contribution < -0.4 is 9.62 Å². The van der Waals surface area contributed by atoms with Crippen LogP contribution in [0.25, 0.3) is 0 Å². The first-order chi connectivity index (χ1) is 13.9. The molecule has 0 saturated heterocycles. The highest BCUT2D eigenvalue weighted by Crippen LogP contribution is 2.34. The van der Waals surface area contributed by atoms with Gasteiger partial charge in [-0.25, -0.2) is 8.42 Å². The van der Waals surface area contributed by atoms with Crippen LogP contribution in [0.2, 0.25) is 0 Å². The first kappa shape index (κ1) is 19.3. The van der Waals surface area contributed by atoms with E-state index in [2.05, 4.69) is 5.32 Å². The zero-order valence-electron chi connectivity index (χ0n) is 16.3. The maximum absolute atomic E-state index is 13.1. The van der Waals surface area contributed by atoms with E-state index in [-0.39, 0.29) is 10.8 Å². The summed E-state index contributed by atoms with van der Waals surface area (Å²) in [6.07, 6.45) is 1.47. The molecular formula is C22H22N2O4S. The molecule has 0 radical (unpaired) electrons. The Hall–Kier alpha value is -3.06. The quantitative estimate of drug-likeness (QED) is 0.696. The van der Waals surface area contributed by atoms with Crippen molar-refractivity contribution in [3.63, 3.8) is 0 Å². The zero-order chi connectivity index (χ0) is 20.6. The van der Waals surface area contributed by atoms with Crippen molar-refractivity contribution < 1.29 is 17.6 Å². The van der Waals surface area contributed by atoms with Crippen LogP contribution in [0.3, 0.4) is 0 Å². The van der Waals surface area contributed by atoms with Crippen molar-refractivity contribution >= 4 is 27.3 Å². The minimum Gasteiger partial charge on any atom is -0.466 e. The summed E-state index contributed by atoms with van der Waals surface area (Å²) in [6, 6.07) is 15.5. The molecule has 4 rings (SSSR count). The number of nitrogens with zero attached hydrogens (tertiary/aromatic N) is 1. The number of sulfonamides is 1. The Morgan fingerprint density at radius 3 is 2.52 bits per heavy atom. The topological polar surface area (TPSA) is 79.6 Å². The summed E-state index contributed by atoms with van der Waals surface area (Å²) in [6.45, 7) is 3.98. The molecule has 1 N–H and O–H groups in total. The Balaban J connectivity index is 1.62. The second-order valence-corrected chi connectivity index (χ2v) is 8.98. The highest BCUT2D eigenvalue weighted by molar-refractivity contribution is 7.92. The average Bonchev–Trinajstić information content (AvgIpc) is 3.06. The number of carbonyl (C=O) groups excluding carboxylic acids is 1. The number of hydrogen-bond donors (Lipinski definition) is 1. The number of hydrogen-bond acceptors (Lipinski definition) is 4. The molecule has 29 heavy (non-hydrogen) atoms. The maximum Gasteiger partial charge on any atom is 0.264 e. The summed E-state index contributed by atoms with van der Waals surface area (Å²) < 4.78 is 33.0. The number of furan rings is 1. The van der Waals surface area contributed by atoms with Crippen LogP contribution in [0.15, 0.2) is 63.9 Å². The van der Waals surface area contributed by atoms with Crippen LogP contribution in [0, 0.1) is 13.8 Å².